The third-order valence-corrected chi connectivity index (χ3v) is 19.4. The normalized spacial score (nSPS) is 55.2. The van der Waals surface area contributed by atoms with Crippen molar-refractivity contribution in [2.45, 2.75) is 218 Å². The summed E-state index contributed by atoms with van der Waals surface area (Å²) in [4.78, 5) is 0. The van der Waals surface area contributed by atoms with E-state index in [1.807, 2.05) is 0 Å². The molecule has 0 amide bonds. The Bertz CT molecular complexity index is 1730. The first-order valence-corrected chi connectivity index (χ1v) is 24.3. The predicted octanol–water partition coefficient (Wildman–Crippen LogP) is 0.612. The second-order valence-corrected chi connectivity index (χ2v) is 23.6. The average molecular weight is 929 g/mol. The molecule has 0 aromatic carbocycles. The van der Waals surface area contributed by atoms with Crippen molar-refractivity contribution < 1.29 is 84.6 Å². The van der Waals surface area contributed by atoms with Crippen LogP contribution < -0.4 is 0 Å². The van der Waals surface area contributed by atoms with Gasteiger partial charge in [0.25, 0.3) is 0 Å². The molecule has 3 aliphatic heterocycles. The molecule has 5 aliphatic carbocycles. The molecular formula is C48H80O17. The molecule has 374 valence electrons. The van der Waals surface area contributed by atoms with Gasteiger partial charge in [-0.3, -0.25) is 0 Å². The van der Waals surface area contributed by atoms with Crippen LogP contribution in [0.4, 0.5) is 0 Å². The number of aliphatic hydroxyl groups is 11. The third kappa shape index (κ3) is 7.94. The average Bonchev–Trinajstić information content (AvgIpc) is 3.24. The quantitative estimate of drug-likeness (QED) is 0.112. The number of fused-ring (bicyclic) bond motifs is 7. The minimum Gasteiger partial charge on any atom is -0.395 e. The monoisotopic (exact) mass is 929 g/mol. The molecule has 17 nitrogen and oxygen atoms in total. The minimum atomic E-state index is -1.76. The lowest BCUT2D eigenvalue weighted by Gasteiger charge is -2.73. The number of hydrogen-bond donors (Lipinski definition) is 11. The van der Waals surface area contributed by atoms with Gasteiger partial charge in [0.15, 0.2) is 18.9 Å². The van der Waals surface area contributed by atoms with Crippen LogP contribution in [0.1, 0.15) is 113 Å². The molecule has 1 unspecified atom stereocenters. The van der Waals surface area contributed by atoms with E-state index in [4.69, 9.17) is 28.4 Å². The maximum absolute atomic E-state index is 12.1. The first-order chi connectivity index (χ1) is 30.3. The molecule has 3 saturated heterocycles. The van der Waals surface area contributed by atoms with Crippen LogP contribution in [0.3, 0.4) is 0 Å². The van der Waals surface area contributed by atoms with Gasteiger partial charge in [-0.25, -0.2) is 0 Å². The van der Waals surface area contributed by atoms with Crippen molar-refractivity contribution in [3.63, 3.8) is 0 Å². The second kappa shape index (κ2) is 17.7. The van der Waals surface area contributed by atoms with E-state index < -0.39 is 128 Å². The Balaban J connectivity index is 1.02. The van der Waals surface area contributed by atoms with Crippen LogP contribution in [-0.4, -0.2) is 180 Å². The zero-order chi connectivity index (χ0) is 47.6. The molecular weight excluding hydrogens is 849 g/mol. The Morgan fingerprint density at radius 2 is 1.23 bits per heavy atom. The lowest BCUT2D eigenvalue weighted by Crippen LogP contribution is -2.68. The standard InChI is InChI=1S/C48H80O17/c1-22-31(52)33(54)37(58)41(61-22)65-39-26(20-60-40-36(57)34(55)32(53)25(19-49)62-40)63-42(38(59)35(39)56)64-30-12-13-45(6)27(44(30,4)5)11-14-46(7)28(45)10-9-23-24-17-43(2,3)15-16-48(24,21-50)29(51)18-47(23,46)8/h17,22-23,25-42,49-59H,9-16,18-21H2,1-8H3/t22-,23?,25+,26+,27-,28+,29-,30-,31-,32+,33+,34-,35+,36+,37+,38+,39+,40+,41-,42-,45-,46+,47+,48+/m0/s1. The molecule has 7 fully saturated rings. The van der Waals surface area contributed by atoms with Crippen LogP contribution in [0.25, 0.3) is 0 Å². The Kier molecular flexibility index (Phi) is 13.8. The number of rotatable bonds is 9. The molecule has 4 saturated carbocycles. The van der Waals surface area contributed by atoms with Gasteiger partial charge in [0.2, 0.25) is 0 Å². The molecule has 0 radical (unpaired) electrons. The van der Waals surface area contributed by atoms with Gasteiger partial charge in [-0.05, 0) is 110 Å². The topological polar surface area (TPSA) is 278 Å². The molecule has 0 spiro atoms. The fourth-order valence-electron chi connectivity index (χ4n) is 15.2. The number of allylic oxidation sites excluding steroid dienone is 1. The third-order valence-electron chi connectivity index (χ3n) is 19.4. The van der Waals surface area contributed by atoms with Crippen molar-refractivity contribution in [3.05, 3.63) is 11.6 Å². The van der Waals surface area contributed by atoms with Crippen LogP contribution in [0.5, 0.6) is 0 Å². The van der Waals surface area contributed by atoms with Gasteiger partial charge in [0, 0.05) is 5.41 Å². The van der Waals surface area contributed by atoms with Crippen molar-refractivity contribution >= 4 is 0 Å². The Morgan fingerprint density at radius 1 is 0.600 bits per heavy atom. The highest BCUT2D eigenvalue weighted by Crippen LogP contribution is 2.76. The van der Waals surface area contributed by atoms with Gasteiger partial charge < -0.3 is 84.6 Å². The highest BCUT2D eigenvalue weighted by atomic mass is 16.8. The smallest absolute Gasteiger partial charge is 0.187 e. The van der Waals surface area contributed by atoms with Crippen molar-refractivity contribution in [1.29, 1.82) is 0 Å². The first-order valence-electron chi connectivity index (χ1n) is 24.3. The summed E-state index contributed by atoms with van der Waals surface area (Å²) in [7, 11) is 0. The van der Waals surface area contributed by atoms with E-state index in [2.05, 4.69) is 54.5 Å². The van der Waals surface area contributed by atoms with Gasteiger partial charge >= 0.3 is 0 Å². The molecule has 8 aliphatic rings. The van der Waals surface area contributed by atoms with Gasteiger partial charge in [0.05, 0.1) is 38.1 Å². The van der Waals surface area contributed by atoms with Gasteiger partial charge in [-0.1, -0.05) is 60.1 Å². The summed E-state index contributed by atoms with van der Waals surface area (Å²) in [5.74, 6) is 0.813. The molecule has 11 N–H and O–H groups in total. The van der Waals surface area contributed by atoms with Crippen LogP contribution in [0, 0.1) is 50.2 Å². The largest absolute Gasteiger partial charge is 0.395 e. The molecule has 65 heavy (non-hydrogen) atoms. The summed E-state index contributed by atoms with van der Waals surface area (Å²) in [6.45, 7) is 16.5. The van der Waals surface area contributed by atoms with E-state index in [0.717, 1.165) is 44.9 Å². The summed E-state index contributed by atoms with van der Waals surface area (Å²) in [5, 5.41) is 119. The van der Waals surface area contributed by atoms with Gasteiger partial charge in [-0.2, -0.15) is 0 Å². The van der Waals surface area contributed by atoms with E-state index in [0.29, 0.717) is 18.8 Å². The van der Waals surface area contributed by atoms with E-state index in [1.54, 1.807) is 0 Å². The molecule has 8 rings (SSSR count). The molecule has 17 heteroatoms. The number of hydrogen-bond acceptors (Lipinski definition) is 17. The molecule has 24 atom stereocenters. The number of aliphatic hydroxyl groups excluding tert-OH is 11. The van der Waals surface area contributed by atoms with Gasteiger partial charge in [-0.15, -0.1) is 0 Å². The summed E-state index contributed by atoms with van der Waals surface area (Å²) >= 11 is 0. The fraction of sp³-hybridized carbons (Fsp3) is 0.958. The van der Waals surface area contributed by atoms with Crippen molar-refractivity contribution in [2.24, 2.45) is 50.2 Å². The van der Waals surface area contributed by atoms with Crippen LogP contribution in [-0.2, 0) is 28.4 Å². The lowest BCUT2D eigenvalue weighted by atomic mass is 9.32. The van der Waals surface area contributed by atoms with E-state index in [-0.39, 0.29) is 40.1 Å². The van der Waals surface area contributed by atoms with E-state index >= 15 is 0 Å². The Hall–Kier alpha value is -0.940. The van der Waals surface area contributed by atoms with Crippen LogP contribution in [0.2, 0.25) is 0 Å². The zero-order valence-electron chi connectivity index (χ0n) is 39.5. The minimum absolute atomic E-state index is 0.00816. The van der Waals surface area contributed by atoms with Crippen LogP contribution in [0.15, 0.2) is 11.6 Å². The highest BCUT2D eigenvalue weighted by molar-refractivity contribution is 5.34. The maximum Gasteiger partial charge on any atom is 0.187 e. The number of ether oxygens (including phenoxy) is 6. The summed E-state index contributed by atoms with van der Waals surface area (Å²) in [5.41, 5.74) is -0.143. The summed E-state index contributed by atoms with van der Waals surface area (Å²) < 4.78 is 36.3. The van der Waals surface area contributed by atoms with E-state index in [9.17, 15) is 56.2 Å². The first kappa shape index (κ1) is 50.4. The highest BCUT2D eigenvalue weighted by Gasteiger charge is 2.71. The lowest BCUT2D eigenvalue weighted by molar-refractivity contribution is -0.374. The Labute approximate surface area is 383 Å². The SMILES string of the molecule is C[C@@H]1O[C@@H](O[C@H]2[C@H](O)[C@@H](O)[C@H](O[C@H]3CC[C@]4(C)[C@H]5CCC6C7=CC(C)(C)CC[C@]7(CO)[C@@H](O)C[C@@]6(C)[C@]5(C)CC[C@H]4C3(C)C)O[C@@H]2CO[C@@H]2O[C@H](CO)[C@@H](O)[C@H](O)[C@H]2O)[C@H](O)[C@H](O)[C@H]1O. The van der Waals surface area contributed by atoms with Crippen molar-refractivity contribution in [1.82, 2.24) is 0 Å². The summed E-state index contributed by atoms with van der Waals surface area (Å²) in [6.07, 6.45) is -14.0. The molecule has 0 aromatic heterocycles. The van der Waals surface area contributed by atoms with Crippen molar-refractivity contribution in [3.8, 4) is 0 Å². The van der Waals surface area contributed by atoms with Crippen molar-refractivity contribution in [2.75, 3.05) is 19.8 Å². The van der Waals surface area contributed by atoms with Crippen LogP contribution >= 0.6 is 0 Å². The summed E-state index contributed by atoms with van der Waals surface area (Å²) in [6, 6.07) is 0. The predicted molar refractivity (Wildman–Crippen MR) is 230 cm³/mol. The fourth-order valence-corrected chi connectivity index (χ4v) is 15.2. The van der Waals surface area contributed by atoms with E-state index in [1.165, 1.54) is 12.5 Å². The Morgan fingerprint density at radius 3 is 1.91 bits per heavy atom. The molecule has 3 heterocycles. The molecule has 0 bridgehead atoms. The zero-order valence-corrected chi connectivity index (χ0v) is 39.5. The molecule has 0 aromatic rings. The maximum atomic E-state index is 12.1. The van der Waals surface area contributed by atoms with Gasteiger partial charge in [0.1, 0.15) is 67.1 Å². The second-order valence-electron chi connectivity index (χ2n) is 23.6.